The Bertz CT molecular complexity index is 1090. The van der Waals surface area contributed by atoms with E-state index in [0.29, 0.717) is 29.6 Å². The minimum atomic E-state index is -3.18. The number of ether oxygens (including phenoxy) is 1. The van der Waals surface area contributed by atoms with Crippen molar-refractivity contribution in [3.8, 4) is 11.5 Å². The monoisotopic (exact) mass is 537 g/mol. The molecule has 3 aromatic carbocycles. The van der Waals surface area contributed by atoms with Crippen LogP contribution < -0.4 is 15.8 Å². The maximum atomic E-state index is 11.5. The van der Waals surface area contributed by atoms with Gasteiger partial charge in [0.25, 0.3) is 0 Å². The van der Waals surface area contributed by atoms with Gasteiger partial charge in [-0.3, -0.25) is 4.99 Å². The number of rotatable bonds is 7. The molecular weight excluding hydrogens is 513 g/mol. The molecule has 0 saturated heterocycles. The highest BCUT2D eigenvalue weighted by molar-refractivity contribution is 14.0. The van der Waals surface area contributed by atoms with Gasteiger partial charge in [-0.05, 0) is 48.4 Å². The first-order valence-electron chi connectivity index (χ1n) is 9.09. The molecule has 0 unspecified atom stereocenters. The lowest BCUT2D eigenvalue weighted by atomic mass is 10.1. The van der Waals surface area contributed by atoms with Crippen LogP contribution in [0.1, 0.15) is 5.56 Å². The van der Waals surface area contributed by atoms with Crippen LogP contribution >= 0.6 is 24.0 Å². The Kier molecular flexibility index (Phi) is 8.67. The Labute approximate surface area is 194 Å². The zero-order valence-electron chi connectivity index (χ0n) is 16.5. The molecule has 0 amide bonds. The first-order chi connectivity index (χ1) is 13.9. The number of hydrogen-bond donors (Lipinski definition) is 2. The van der Waals surface area contributed by atoms with Gasteiger partial charge in [-0.2, -0.15) is 0 Å². The highest BCUT2D eigenvalue weighted by Gasteiger charge is 2.06. The summed E-state index contributed by atoms with van der Waals surface area (Å²) >= 11 is 0. The van der Waals surface area contributed by atoms with E-state index in [-0.39, 0.29) is 24.0 Å². The van der Waals surface area contributed by atoms with Crippen molar-refractivity contribution in [2.45, 2.75) is 11.3 Å². The molecular formula is C22H24IN3O3S. The van der Waals surface area contributed by atoms with Crippen LogP contribution in [0.2, 0.25) is 0 Å². The van der Waals surface area contributed by atoms with E-state index < -0.39 is 9.84 Å². The van der Waals surface area contributed by atoms with Crippen molar-refractivity contribution in [1.82, 2.24) is 0 Å². The van der Waals surface area contributed by atoms with Crippen LogP contribution in [0.5, 0.6) is 11.5 Å². The normalized spacial score (nSPS) is 11.4. The Morgan fingerprint density at radius 3 is 2.30 bits per heavy atom. The summed E-state index contributed by atoms with van der Waals surface area (Å²) in [5, 5.41) is 3.05. The van der Waals surface area contributed by atoms with Crippen molar-refractivity contribution in [1.29, 1.82) is 0 Å². The third kappa shape index (κ3) is 7.34. The zero-order valence-corrected chi connectivity index (χ0v) is 19.6. The number of nitrogens with two attached hydrogens (primary N) is 1. The summed E-state index contributed by atoms with van der Waals surface area (Å²) in [4.78, 5) is 4.63. The van der Waals surface area contributed by atoms with E-state index in [4.69, 9.17) is 10.5 Å². The molecule has 0 heterocycles. The van der Waals surface area contributed by atoms with E-state index in [9.17, 15) is 8.42 Å². The third-order valence-corrected chi connectivity index (χ3v) is 5.25. The Hall–Kier alpha value is -2.59. The summed E-state index contributed by atoms with van der Waals surface area (Å²) < 4.78 is 28.8. The number of nitrogens with zero attached hydrogens (tertiary/aromatic N) is 1. The quantitative estimate of drug-likeness (QED) is 0.264. The predicted octanol–water partition coefficient (Wildman–Crippen LogP) is 4.47. The van der Waals surface area contributed by atoms with Crippen LogP contribution in [0.3, 0.4) is 0 Å². The summed E-state index contributed by atoms with van der Waals surface area (Å²) in [6.45, 7) is 0.483. The van der Waals surface area contributed by atoms with E-state index in [1.807, 2.05) is 54.6 Å². The van der Waals surface area contributed by atoms with Crippen LogP contribution in [-0.2, 0) is 16.3 Å². The Morgan fingerprint density at radius 2 is 1.63 bits per heavy atom. The Morgan fingerprint density at radius 1 is 0.967 bits per heavy atom. The van der Waals surface area contributed by atoms with Crippen molar-refractivity contribution < 1.29 is 13.2 Å². The topological polar surface area (TPSA) is 93.8 Å². The van der Waals surface area contributed by atoms with Gasteiger partial charge in [-0.1, -0.05) is 36.4 Å². The van der Waals surface area contributed by atoms with Gasteiger partial charge >= 0.3 is 0 Å². The van der Waals surface area contributed by atoms with Gasteiger partial charge in [0.2, 0.25) is 0 Å². The second kappa shape index (κ2) is 11.0. The van der Waals surface area contributed by atoms with Crippen molar-refractivity contribution in [3.63, 3.8) is 0 Å². The standard InChI is InChI=1S/C22H23N3O3S.HI/c1-29(26,27)21-12-10-17(11-13-21)14-15-24-22(23)25-18-6-5-9-20(16-18)28-19-7-3-2-4-8-19;/h2-13,16H,14-15H2,1H3,(H3,23,24,25);1H. The predicted molar refractivity (Wildman–Crippen MR) is 132 cm³/mol. The smallest absolute Gasteiger partial charge is 0.193 e. The SMILES string of the molecule is CS(=O)(=O)c1ccc(CCN=C(N)Nc2cccc(Oc3ccccc3)c2)cc1.I. The number of halogens is 1. The molecule has 0 bridgehead atoms. The maximum absolute atomic E-state index is 11.5. The minimum absolute atomic E-state index is 0. The number of anilines is 1. The van der Waals surface area contributed by atoms with Crippen LogP contribution in [0.25, 0.3) is 0 Å². The summed E-state index contributed by atoms with van der Waals surface area (Å²) in [6, 6.07) is 23.8. The van der Waals surface area contributed by atoms with Crippen molar-refractivity contribution >= 4 is 45.5 Å². The van der Waals surface area contributed by atoms with E-state index in [2.05, 4.69) is 10.3 Å². The molecule has 3 N–H and O–H groups in total. The fraction of sp³-hybridized carbons (Fsp3) is 0.136. The molecule has 0 atom stereocenters. The molecule has 3 rings (SSSR count). The molecule has 158 valence electrons. The molecule has 3 aromatic rings. The number of sulfone groups is 1. The number of para-hydroxylation sites is 1. The largest absolute Gasteiger partial charge is 0.457 e. The average Bonchev–Trinajstić information content (AvgIpc) is 2.69. The molecule has 0 spiro atoms. The average molecular weight is 537 g/mol. The van der Waals surface area contributed by atoms with E-state index in [1.54, 1.807) is 24.3 Å². The fourth-order valence-corrected chi connectivity index (χ4v) is 3.29. The van der Waals surface area contributed by atoms with Gasteiger partial charge in [0.15, 0.2) is 15.8 Å². The molecule has 0 aliphatic heterocycles. The molecule has 6 nitrogen and oxygen atoms in total. The van der Waals surface area contributed by atoms with Gasteiger partial charge < -0.3 is 15.8 Å². The molecule has 0 aliphatic rings. The van der Waals surface area contributed by atoms with Gasteiger partial charge in [0.05, 0.1) is 4.90 Å². The Balaban J connectivity index is 0.00000320. The number of hydrogen-bond acceptors (Lipinski definition) is 4. The lowest BCUT2D eigenvalue weighted by Crippen LogP contribution is -2.23. The van der Waals surface area contributed by atoms with Crippen molar-refractivity contribution in [2.24, 2.45) is 10.7 Å². The number of guanidine groups is 1. The highest BCUT2D eigenvalue weighted by Crippen LogP contribution is 2.23. The summed E-state index contributed by atoms with van der Waals surface area (Å²) in [6.07, 6.45) is 1.85. The molecule has 0 aliphatic carbocycles. The molecule has 0 radical (unpaired) electrons. The lowest BCUT2D eigenvalue weighted by molar-refractivity contribution is 0.483. The molecule has 30 heavy (non-hydrogen) atoms. The molecule has 0 saturated carbocycles. The second-order valence-electron chi connectivity index (χ2n) is 6.50. The minimum Gasteiger partial charge on any atom is -0.457 e. The second-order valence-corrected chi connectivity index (χ2v) is 8.52. The van der Waals surface area contributed by atoms with Crippen LogP contribution in [0, 0.1) is 0 Å². The van der Waals surface area contributed by atoms with Crippen LogP contribution in [0.4, 0.5) is 5.69 Å². The van der Waals surface area contributed by atoms with Crippen molar-refractivity contribution in [3.05, 3.63) is 84.4 Å². The van der Waals surface area contributed by atoms with E-state index >= 15 is 0 Å². The van der Waals surface area contributed by atoms with Gasteiger partial charge in [0, 0.05) is 24.6 Å². The van der Waals surface area contributed by atoms with Gasteiger partial charge in [-0.25, -0.2) is 8.42 Å². The highest BCUT2D eigenvalue weighted by atomic mass is 127. The fourth-order valence-electron chi connectivity index (χ4n) is 2.66. The maximum Gasteiger partial charge on any atom is 0.193 e. The number of aliphatic imine (C=N–C) groups is 1. The van der Waals surface area contributed by atoms with Gasteiger partial charge in [-0.15, -0.1) is 24.0 Å². The van der Waals surface area contributed by atoms with E-state index in [1.165, 1.54) is 6.26 Å². The summed E-state index contributed by atoms with van der Waals surface area (Å²) in [5.41, 5.74) is 7.74. The third-order valence-electron chi connectivity index (χ3n) is 4.12. The van der Waals surface area contributed by atoms with Gasteiger partial charge in [0.1, 0.15) is 11.5 Å². The summed E-state index contributed by atoms with van der Waals surface area (Å²) in [5.74, 6) is 1.75. The van der Waals surface area contributed by atoms with Crippen molar-refractivity contribution in [2.75, 3.05) is 18.1 Å². The molecule has 0 aromatic heterocycles. The first kappa shape index (κ1) is 23.7. The van der Waals surface area contributed by atoms with Crippen LogP contribution in [-0.4, -0.2) is 27.2 Å². The first-order valence-corrected chi connectivity index (χ1v) is 11.0. The number of benzene rings is 3. The molecule has 8 heteroatoms. The molecule has 0 fully saturated rings. The van der Waals surface area contributed by atoms with Crippen LogP contribution in [0.15, 0.2) is 88.8 Å². The summed E-state index contributed by atoms with van der Waals surface area (Å²) in [7, 11) is -3.18. The van der Waals surface area contributed by atoms with E-state index in [0.717, 1.165) is 17.0 Å². The number of nitrogens with one attached hydrogen (secondary N) is 1. The lowest BCUT2D eigenvalue weighted by Gasteiger charge is -2.09. The zero-order chi connectivity index (χ0) is 20.7.